The van der Waals surface area contributed by atoms with Gasteiger partial charge in [-0.3, -0.25) is 0 Å². The lowest BCUT2D eigenvalue weighted by Gasteiger charge is -2.20. The molecule has 7 nitrogen and oxygen atoms in total. The first kappa shape index (κ1) is 23.1. The van der Waals surface area contributed by atoms with Crippen LogP contribution in [0.2, 0.25) is 0 Å². The molecule has 2 N–H and O–H groups in total. The summed E-state index contributed by atoms with van der Waals surface area (Å²) in [5.41, 5.74) is 3.48. The molecule has 1 fully saturated rings. The number of guanidine groups is 1. The summed E-state index contributed by atoms with van der Waals surface area (Å²) in [6, 6.07) is 15.9. The minimum Gasteiger partial charge on any atom is -0.369 e. The molecule has 0 saturated carbocycles. The van der Waals surface area contributed by atoms with Crippen LogP contribution in [0.5, 0.6) is 0 Å². The van der Waals surface area contributed by atoms with Gasteiger partial charge in [-0.05, 0) is 50.1 Å². The van der Waals surface area contributed by atoms with E-state index in [1.54, 1.807) is 12.1 Å². The Kier molecular flexibility index (Phi) is 7.56. The number of nitrogens with one attached hydrogen (secondary N) is 2. The minimum absolute atomic E-state index is 0.289. The van der Waals surface area contributed by atoms with E-state index < -0.39 is 10.0 Å². The van der Waals surface area contributed by atoms with E-state index in [1.807, 2.05) is 19.1 Å². The topological polar surface area (TPSA) is 77.0 Å². The quantitative estimate of drug-likeness (QED) is 0.508. The van der Waals surface area contributed by atoms with Crippen LogP contribution in [-0.4, -0.2) is 58.5 Å². The molecule has 0 spiro atoms. The van der Waals surface area contributed by atoms with Gasteiger partial charge >= 0.3 is 0 Å². The Hall–Kier alpha value is -2.58. The molecule has 1 aliphatic heterocycles. The molecule has 31 heavy (non-hydrogen) atoms. The smallest absolute Gasteiger partial charge is 0.242 e. The van der Waals surface area contributed by atoms with Gasteiger partial charge in [0.1, 0.15) is 0 Å². The molecule has 1 atom stereocenters. The first-order chi connectivity index (χ1) is 14.8. The van der Waals surface area contributed by atoms with Crippen molar-refractivity contribution < 1.29 is 8.42 Å². The second-order valence-corrected chi connectivity index (χ2v) is 10.2. The zero-order valence-electron chi connectivity index (χ0n) is 18.8. The second kappa shape index (κ2) is 10.2. The molecule has 0 amide bonds. The van der Waals surface area contributed by atoms with Gasteiger partial charge in [0, 0.05) is 45.5 Å². The predicted molar refractivity (Wildman–Crippen MR) is 127 cm³/mol. The number of hydrogen-bond acceptors (Lipinski definition) is 4. The minimum atomic E-state index is -3.41. The molecule has 1 aliphatic rings. The molecule has 1 saturated heterocycles. The van der Waals surface area contributed by atoms with E-state index in [1.165, 1.54) is 29.7 Å². The van der Waals surface area contributed by atoms with Crippen molar-refractivity contribution >= 4 is 21.7 Å². The van der Waals surface area contributed by atoms with Crippen LogP contribution in [0, 0.1) is 6.92 Å². The van der Waals surface area contributed by atoms with Crippen molar-refractivity contribution in [3.8, 4) is 0 Å². The molecule has 3 rings (SSSR count). The standard InChI is InChI=1S/C23H33N5O2S/c1-5-24-23(25-16-19-8-12-22(13-9-19)31(29,30)27(3)4)26-20-14-15-28(17-20)21-10-6-18(2)7-11-21/h6-13,20H,5,14-17H2,1-4H3,(H2,24,25,26). The van der Waals surface area contributed by atoms with Crippen LogP contribution in [0.1, 0.15) is 24.5 Å². The molecule has 0 bridgehead atoms. The van der Waals surface area contributed by atoms with E-state index in [4.69, 9.17) is 4.99 Å². The Morgan fingerprint density at radius 1 is 1.13 bits per heavy atom. The Morgan fingerprint density at radius 3 is 2.42 bits per heavy atom. The van der Waals surface area contributed by atoms with Crippen LogP contribution in [0.4, 0.5) is 5.69 Å². The summed E-state index contributed by atoms with van der Waals surface area (Å²) < 4.78 is 25.6. The molecule has 0 aliphatic carbocycles. The lowest BCUT2D eigenvalue weighted by atomic mass is 10.2. The molecule has 0 aromatic heterocycles. The van der Waals surface area contributed by atoms with E-state index >= 15 is 0 Å². The normalized spacial score (nSPS) is 17.3. The van der Waals surface area contributed by atoms with Gasteiger partial charge in [-0.25, -0.2) is 17.7 Å². The Bertz CT molecular complexity index is 986. The number of nitrogens with zero attached hydrogens (tertiary/aromatic N) is 3. The summed E-state index contributed by atoms with van der Waals surface area (Å²) in [7, 11) is -0.346. The van der Waals surface area contributed by atoms with Gasteiger partial charge in [0.25, 0.3) is 0 Å². The first-order valence-electron chi connectivity index (χ1n) is 10.7. The van der Waals surface area contributed by atoms with E-state index in [0.29, 0.717) is 12.6 Å². The molecule has 1 unspecified atom stereocenters. The van der Waals surface area contributed by atoms with Crippen LogP contribution < -0.4 is 15.5 Å². The number of hydrogen-bond donors (Lipinski definition) is 2. The third-order valence-electron chi connectivity index (χ3n) is 5.39. The number of rotatable bonds is 7. The largest absolute Gasteiger partial charge is 0.369 e. The van der Waals surface area contributed by atoms with Gasteiger partial charge in [0.15, 0.2) is 5.96 Å². The summed E-state index contributed by atoms with van der Waals surface area (Å²) in [6.07, 6.45) is 1.05. The SMILES string of the molecule is CCNC(=NCc1ccc(S(=O)(=O)N(C)C)cc1)NC1CCN(c2ccc(C)cc2)C1. The van der Waals surface area contributed by atoms with Gasteiger partial charge in [-0.1, -0.05) is 29.8 Å². The Labute approximate surface area is 186 Å². The lowest BCUT2D eigenvalue weighted by molar-refractivity contribution is 0.520. The molecule has 8 heteroatoms. The number of aliphatic imine (C=N–C) groups is 1. The fourth-order valence-corrected chi connectivity index (χ4v) is 4.43. The lowest BCUT2D eigenvalue weighted by Crippen LogP contribution is -2.44. The summed E-state index contributed by atoms with van der Waals surface area (Å²) in [6.45, 7) is 7.36. The average molecular weight is 444 g/mol. The number of aryl methyl sites for hydroxylation is 1. The Morgan fingerprint density at radius 2 is 1.81 bits per heavy atom. The summed E-state index contributed by atoms with van der Waals surface area (Å²) in [5, 5.41) is 6.85. The highest BCUT2D eigenvalue weighted by molar-refractivity contribution is 7.89. The zero-order valence-corrected chi connectivity index (χ0v) is 19.6. The van der Waals surface area contributed by atoms with Crippen molar-refractivity contribution in [2.45, 2.75) is 37.8 Å². The third-order valence-corrected chi connectivity index (χ3v) is 7.22. The van der Waals surface area contributed by atoms with Crippen molar-refractivity contribution in [2.24, 2.45) is 4.99 Å². The van der Waals surface area contributed by atoms with Gasteiger partial charge in [-0.2, -0.15) is 0 Å². The maximum absolute atomic E-state index is 12.2. The highest BCUT2D eigenvalue weighted by atomic mass is 32.2. The maximum atomic E-state index is 12.2. The number of sulfonamides is 1. The van der Waals surface area contributed by atoms with Crippen LogP contribution in [0.15, 0.2) is 58.4 Å². The molecular weight excluding hydrogens is 410 g/mol. The van der Waals surface area contributed by atoms with Crippen molar-refractivity contribution in [3.63, 3.8) is 0 Å². The Balaban J connectivity index is 1.61. The summed E-state index contributed by atoms with van der Waals surface area (Å²) >= 11 is 0. The molecule has 168 valence electrons. The maximum Gasteiger partial charge on any atom is 0.242 e. The van der Waals surface area contributed by atoms with Crippen LogP contribution in [0.25, 0.3) is 0 Å². The molecule has 0 radical (unpaired) electrons. The van der Waals surface area contributed by atoms with E-state index in [0.717, 1.165) is 37.6 Å². The summed E-state index contributed by atoms with van der Waals surface area (Å²) in [5.74, 6) is 0.781. The second-order valence-electron chi connectivity index (χ2n) is 8.04. The highest BCUT2D eigenvalue weighted by Gasteiger charge is 2.23. The van der Waals surface area contributed by atoms with Crippen molar-refractivity contribution in [3.05, 3.63) is 59.7 Å². The van der Waals surface area contributed by atoms with Gasteiger partial charge in [0.2, 0.25) is 10.0 Å². The molecular formula is C23H33N5O2S. The van der Waals surface area contributed by atoms with Crippen molar-refractivity contribution in [2.75, 3.05) is 38.6 Å². The monoisotopic (exact) mass is 443 g/mol. The molecule has 2 aromatic carbocycles. The van der Waals surface area contributed by atoms with E-state index in [9.17, 15) is 8.42 Å². The molecule has 2 aromatic rings. The van der Waals surface area contributed by atoms with Crippen LogP contribution in [-0.2, 0) is 16.6 Å². The van der Waals surface area contributed by atoms with Crippen LogP contribution >= 0.6 is 0 Å². The van der Waals surface area contributed by atoms with Gasteiger partial charge < -0.3 is 15.5 Å². The number of benzene rings is 2. The predicted octanol–water partition coefficient (Wildman–Crippen LogP) is 2.58. The van der Waals surface area contributed by atoms with Crippen molar-refractivity contribution in [1.29, 1.82) is 0 Å². The average Bonchev–Trinajstić information content (AvgIpc) is 3.21. The van der Waals surface area contributed by atoms with Gasteiger partial charge in [0.05, 0.1) is 11.4 Å². The highest BCUT2D eigenvalue weighted by Crippen LogP contribution is 2.21. The fourth-order valence-electron chi connectivity index (χ4n) is 3.53. The fraction of sp³-hybridized carbons (Fsp3) is 0.435. The van der Waals surface area contributed by atoms with E-state index in [-0.39, 0.29) is 4.90 Å². The number of anilines is 1. The van der Waals surface area contributed by atoms with E-state index in [2.05, 4.69) is 46.7 Å². The molecule has 1 heterocycles. The zero-order chi connectivity index (χ0) is 22.4. The van der Waals surface area contributed by atoms with Gasteiger partial charge in [-0.15, -0.1) is 0 Å². The first-order valence-corrected chi connectivity index (χ1v) is 12.1. The third kappa shape index (κ3) is 5.98. The van der Waals surface area contributed by atoms with Crippen LogP contribution in [0.3, 0.4) is 0 Å². The van der Waals surface area contributed by atoms with Crippen molar-refractivity contribution in [1.82, 2.24) is 14.9 Å². The summed E-state index contributed by atoms with van der Waals surface area (Å²) in [4.78, 5) is 7.38.